The first kappa shape index (κ1) is 12.1. The van der Waals surface area contributed by atoms with Gasteiger partial charge in [0.2, 0.25) is 0 Å². The molecule has 0 unspecified atom stereocenters. The zero-order valence-corrected chi connectivity index (χ0v) is 10.8. The van der Waals surface area contributed by atoms with Gasteiger partial charge in [-0.2, -0.15) is 0 Å². The van der Waals surface area contributed by atoms with E-state index < -0.39 is 11.6 Å². The number of benzene rings is 2. The lowest BCUT2D eigenvalue weighted by atomic mass is 10.2. The normalized spacial score (nSPS) is 10.3. The van der Waals surface area contributed by atoms with Crippen molar-refractivity contribution in [2.75, 3.05) is 11.1 Å². The van der Waals surface area contributed by atoms with E-state index in [4.69, 9.17) is 5.73 Å². The summed E-state index contributed by atoms with van der Waals surface area (Å²) in [6.45, 7) is 0. The fraction of sp³-hybridized carbons (Fsp3) is 0. The largest absolute Gasteiger partial charge is 0.399 e. The molecule has 3 N–H and O–H groups in total. The van der Waals surface area contributed by atoms with Crippen molar-refractivity contribution in [2.45, 2.75) is 0 Å². The highest BCUT2D eigenvalue weighted by molar-refractivity contribution is 14.1. The summed E-state index contributed by atoms with van der Waals surface area (Å²) in [5.74, 6) is -1.76. The molecule has 0 fully saturated rings. The molecule has 5 heteroatoms. The molecule has 17 heavy (non-hydrogen) atoms. The predicted molar refractivity (Wildman–Crippen MR) is 73.2 cm³/mol. The molecule has 0 bridgehead atoms. The van der Waals surface area contributed by atoms with E-state index in [1.54, 1.807) is 18.2 Å². The van der Waals surface area contributed by atoms with Crippen LogP contribution in [0.25, 0.3) is 0 Å². The molecule has 0 aliphatic heterocycles. The van der Waals surface area contributed by atoms with Crippen LogP contribution in [0.2, 0.25) is 0 Å². The predicted octanol–water partition coefficient (Wildman–Crippen LogP) is 3.90. The van der Waals surface area contributed by atoms with Gasteiger partial charge in [0.05, 0.1) is 11.4 Å². The summed E-state index contributed by atoms with van der Waals surface area (Å²) in [6, 6.07) is 9.17. The Morgan fingerprint density at radius 1 is 1.06 bits per heavy atom. The molecule has 2 nitrogen and oxygen atoms in total. The molecule has 0 amide bonds. The van der Waals surface area contributed by atoms with Crippen LogP contribution in [0, 0.1) is 15.2 Å². The second-order valence-electron chi connectivity index (χ2n) is 3.47. The summed E-state index contributed by atoms with van der Waals surface area (Å²) < 4.78 is 27.3. The van der Waals surface area contributed by atoms with Gasteiger partial charge in [0, 0.05) is 9.26 Å². The van der Waals surface area contributed by atoms with Crippen molar-refractivity contribution < 1.29 is 8.78 Å². The van der Waals surface area contributed by atoms with Gasteiger partial charge >= 0.3 is 0 Å². The van der Waals surface area contributed by atoms with Crippen LogP contribution < -0.4 is 11.1 Å². The van der Waals surface area contributed by atoms with E-state index >= 15 is 0 Å². The van der Waals surface area contributed by atoms with Gasteiger partial charge in [-0.1, -0.05) is 6.07 Å². The molecular formula is C12H9F2IN2. The van der Waals surface area contributed by atoms with Gasteiger partial charge in [-0.3, -0.25) is 0 Å². The Kier molecular flexibility index (Phi) is 3.46. The quantitative estimate of drug-likeness (QED) is 0.640. The van der Waals surface area contributed by atoms with Crippen LogP contribution in [0.5, 0.6) is 0 Å². The smallest absolute Gasteiger partial charge is 0.182 e. The van der Waals surface area contributed by atoms with Gasteiger partial charge < -0.3 is 11.1 Å². The van der Waals surface area contributed by atoms with Crippen LogP contribution in [-0.4, -0.2) is 0 Å². The Bertz CT molecular complexity index is 558. The number of hydrogen-bond donors (Lipinski definition) is 2. The van der Waals surface area contributed by atoms with Crippen molar-refractivity contribution in [1.29, 1.82) is 0 Å². The Labute approximate surface area is 111 Å². The third-order valence-corrected chi connectivity index (χ3v) is 3.11. The summed E-state index contributed by atoms with van der Waals surface area (Å²) in [4.78, 5) is 0. The van der Waals surface area contributed by atoms with Gasteiger partial charge in [-0.25, -0.2) is 8.78 Å². The van der Waals surface area contributed by atoms with E-state index in [1.807, 2.05) is 0 Å². The third kappa shape index (κ3) is 2.66. The van der Waals surface area contributed by atoms with Gasteiger partial charge in [0.1, 0.15) is 0 Å². The molecule has 0 atom stereocenters. The van der Waals surface area contributed by atoms with Crippen molar-refractivity contribution in [2.24, 2.45) is 0 Å². The summed E-state index contributed by atoms with van der Waals surface area (Å²) in [7, 11) is 0. The van der Waals surface area contributed by atoms with Crippen LogP contribution in [0.15, 0.2) is 36.4 Å². The highest BCUT2D eigenvalue weighted by Gasteiger charge is 2.08. The standard InChI is InChI=1S/C12H9F2IN2/c13-8-2-1-3-11(12(8)14)17-10-5-4-7(16)6-9(10)15/h1-6,17H,16H2. The highest BCUT2D eigenvalue weighted by atomic mass is 127. The van der Waals surface area contributed by atoms with E-state index in [0.717, 1.165) is 9.64 Å². The van der Waals surface area contributed by atoms with Gasteiger partial charge in [-0.05, 0) is 52.9 Å². The maximum Gasteiger partial charge on any atom is 0.182 e. The Morgan fingerprint density at radius 3 is 2.53 bits per heavy atom. The molecule has 0 spiro atoms. The van der Waals surface area contributed by atoms with E-state index in [0.29, 0.717) is 11.4 Å². The van der Waals surface area contributed by atoms with Crippen LogP contribution >= 0.6 is 22.6 Å². The van der Waals surface area contributed by atoms with E-state index in [1.165, 1.54) is 12.1 Å². The number of halogens is 3. The van der Waals surface area contributed by atoms with Crippen LogP contribution in [0.4, 0.5) is 25.8 Å². The van der Waals surface area contributed by atoms with E-state index in [2.05, 4.69) is 27.9 Å². The van der Waals surface area contributed by atoms with Crippen molar-refractivity contribution in [3.05, 3.63) is 51.6 Å². The van der Waals surface area contributed by atoms with Gasteiger partial charge in [-0.15, -0.1) is 0 Å². The van der Waals surface area contributed by atoms with Gasteiger partial charge in [0.15, 0.2) is 11.6 Å². The summed E-state index contributed by atoms with van der Waals surface area (Å²) in [5.41, 5.74) is 7.02. The average molecular weight is 346 g/mol. The average Bonchev–Trinajstić information content (AvgIpc) is 2.28. The van der Waals surface area contributed by atoms with E-state index in [-0.39, 0.29) is 5.69 Å². The summed E-state index contributed by atoms with van der Waals surface area (Å²) in [6.07, 6.45) is 0. The lowest BCUT2D eigenvalue weighted by Crippen LogP contribution is -1.98. The zero-order valence-electron chi connectivity index (χ0n) is 8.68. The highest BCUT2D eigenvalue weighted by Crippen LogP contribution is 2.26. The van der Waals surface area contributed by atoms with Crippen LogP contribution in [-0.2, 0) is 0 Å². The molecule has 2 aromatic carbocycles. The Morgan fingerprint density at radius 2 is 1.82 bits per heavy atom. The summed E-state index contributed by atoms with van der Waals surface area (Å²) in [5, 5.41) is 2.83. The minimum atomic E-state index is -0.889. The maximum atomic E-state index is 13.4. The Hall–Kier alpha value is -1.37. The minimum Gasteiger partial charge on any atom is -0.399 e. The van der Waals surface area contributed by atoms with E-state index in [9.17, 15) is 8.78 Å². The number of hydrogen-bond acceptors (Lipinski definition) is 2. The SMILES string of the molecule is Nc1ccc(Nc2cccc(F)c2F)c(I)c1. The van der Waals surface area contributed by atoms with Crippen LogP contribution in [0.1, 0.15) is 0 Å². The molecule has 0 saturated carbocycles. The maximum absolute atomic E-state index is 13.4. The second-order valence-corrected chi connectivity index (χ2v) is 4.63. The lowest BCUT2D eigenvalue weighted by molar-refractivity contribution is 0.512. The third-order valence-electron chi connectivity index (χ3n) is 2.21. The van der Waals surface area contributed by atoms with Crippen molar-refractivity contribution in [1.82, 2.24) is 0 Å². The first-order valence-electron chi connectivity index (χ1n) is 4.84. The molecule has 88 valence electrons. The molecule has 0 aromatic heterocycles. The topological polar surface area (TPSA) is 38.0 Å². The number of rotatable bonds is 2. The fourth-order valence-electron chi connectivity index (χ4n) is 1.38. The molecule has 0 aliphatic rings. The lowest BCUT2D eigenvalue weighted by Gasteiger charge is -2.10. The van der Waals surface area contributed by atoms with Crippen molar-refractivity contribution in [3.63, 3.8) is 0 Å². The molecule has 2 rings (SSSR count). The summed E-state index contributed by atoms with van der Waals surface area (Å²) >= 11 is 2.07. The minimum absolute atomic E-state index is 0.104. The first-order chi connectivity index (χ1) is 8.08. The van der Waals surface area contributed by atoms with Crippen LogP contribution in [0.3, 0.4) is 0 Å². The number of nitrogen functional groups attached to an aromatic ring is 1. The zero-order chi connectivity index (χ0) is 12.4. The molecule has 0 aliphatic carbocycles. The molecule has 0 radical (unpaired) electrons. The molecule has 0 heterocycles. The van der Waals surface area contributed by atoms with Gasteiger partial charge in [0.25, 0.3) is 0 Å². The molecule has 2 aromatic rings. The second kappa shape index (κ2) is 4.87. The fourth-order valence-corrected chi connectivity index (χ4v) is 2.05. The monoisotopic (exact) mass is 346 g/mol. The molecule has 0 saturated heterocycles. The number of nitrogens with two attached hydrogens (primary N) is 1. The first-order valence-corrected chi connectivity index (χ1v) is 5.92. The Balaban J connectivity index is 2.35. The molecular weight excluding hydrogens is 337 g/mol. The number of nitrogens with one attached hydrogen (secondary N) is 1. The van der Waals surface area contributed by atoms with Crippen molar-refractivity contribution in [3.8, 4) is 0 Å². The van der Waals surface area contributed by atoms with Crippen molar-refractivity contribution >= 4 is 39.7 Å². The number of anilines is 3.